The van der Waals surface area contributed by atoms with Gasteiger partial charge in [0.05, 0.1) is 12.5 Å². The molecule has 12 heavy (non-hydrogen) atoms. The minimum absolute atomic E-state index is 0.0584. The zero-order valence-corrected chi connectivity index (χ0v) is 7.75. The first-order chi connectivity index (χ1) is 5.70. The molecule has 68 valence electrons. The Labute approximate surface area is 73.3 Å². The predicted molar refractivity (Wildman–Crippen MR) is 45.5 cm³/mol. The second-order valence-corrected chi connectivity index (χ2v) is 4.35. The summed E-state index contributed by atoms with van der Waals surface area (Å²) in [7, 11) is 0. The zero-order valence-electron chi connectivity index (χ0n) is 7.75. The van der Waals surface area contributed by atoms with Crippen LogP contribution in [0.5, 0.6) is 0 Å². The molecular formula is C10H16O2. The van der Waals surface area contributed by atoms with Gasteiger partial charge in [-0.25, -0.2) is 0 Å². The number of cyclic esters (lactones) is 1. The van der Waals surface area contributed by atoms with Crippen molar-refractivity contribution >= 4 is 5.97 Å². The van der Waals surface area contributed by atoms with E-state index in [4.69, 9.17) is 4.74 Å². The molecule has 1 saturated heterocycles. The molecule has 2 nitrogen and oxygen atoms in total. The molecule has 4 atom stereocenters. The largest absolute Gasteiger partial charge is 0.465 e. The first kappa shape index (κ1) is 8.09. The standard InChI is InChI=1S/C10H16O2/c1-6-3-4-8-7(2)5-12-10(11)9(6)8/h6-9H,3-5H2,1-2H3/t6-,7-,8-,9+/m0/s1. The molecule has 0 aromatic heterocycles. The Kier molecular flexibility index (Phi) is 1.85. The van der Waals surface area contributed by atoms with Gasteiger partial charge in [0.15, 0.2) is 0 Å². The molecule has 1 saturated carbocycles. The molecule has 2 fully saturated rings. The van der Waals surface area contributed by atoms with Crippen molar-refractivity contribution in [1.29, 1.82) is 0 Å². The van der Waals surface area contributed by atoms with Crippen LogP contribution in [0.2, 0.25) is 0 Å². The SMILES string of the molecule is C[C@H]1COC(=O)[C@H]2[C@H]1CC[C@@H]2C. The highest BCUT2D eigenvalue weighted by Gasteiger charge is 2.45. The van der Waals surface area contributed by atoms with Crippen LogP contribution in [0.3, 0.4) is 0 Å². The molecule has 2 heteroatoms. The van der Waals surface area contributed by atoms with Gasteiger partial charge in [0.2, 0.25) is 0 Å². The molecule has 0 bridgehead atoms. The smallest absolute Gasteiger partial charge is 0.309 e. The second-order valence-electron chi connectivity index (χ2n) is 4.35. The van der Waals surface area contributed by atoms with Crippen LogP contribution in [0.4, 0.5) is 0 Å². The van der Waals surface area contributed by atoms with E-state index in [1.165, 1.54) is 12.8 Å². The average molecular weight is 168 g/mol. The third kappa shape index (κ3) is 1.05. The quantitative estimate of drug-likeness (QED) is 0.516. The summed E-state index contributed by atoms with van der Waals surface area (Å²) in [6.07, 6.45) is 2.43. The predicted octanol–water partition coefficient (Wildman–Crippen LogP) is 1.84. The number of fused-ring (bicyclic) bond motifs is 1. The number of rotatable bonds is 0. The van der Waals surface area contributed by atoms with Crippen LogP contribution in [-0.2, 0) is 9.53 Å². The molecule has 1 aliphatic carbocycles. The maximum absolute atomic E-state index is 11.4. The Morgan fingerprint density at radius 2 is 2.00 bits per heavy atom. The van der Waals surface area contributed by atoms with E-state index >= 15 is 0 Å². The fraction of sp³-hybridized carbons (Fsp3) is 0.900. The van der Waals surface area contributed by atoms with E-state index in [-0.39, 0.29) is 11.9 Å². The Morgan fingerprint density at radius 1 is 1.25 bits per heavy atom. The lowest BCUT2D eigenvalue weighted by Crippen LogP contribution is -2.37. The van der Waals surface area contributed by atoms with Crippen molar-refractivity contribution in [2.45, 2.75) is 26.7 Å². The van der Waals surface area contributed by atoms with Crippen LogP contribution >= 0.6 is 0 Å². The summed E-state index contributed by atoms with van der Waals surface area (Å²) in [5, 5.41) is 0. The summed E-state index contributed by atoms with van der Waals surface area (Å²) < 4.78 is 5.14. The summed E-state index contributed by atoms with van der Waals surface area (Å²) in [4.78, 5) is 11.4. The molecule has 0 unspecified atom stereocenters. The first-order valence-electron chi connectivity index (χ1n) is 4.87. The van der Waals surface area contributed by atoms with Crippen molar-refractivity contribution < 1.29 is 9.53 Å². The maximum Gasteiger partial charge on any atom is 0.309 e. The van der Waals surface area contributed by atoms with Gasteiger partial charge in [-0.3, -0.25) is 4.79 Å². The number of carbonyl (C=O) groups excluding carboxylic acids is 1. The molecule has 2 aliphatic rings. The van der Waals surface area contributed by atoms with E-state index in [1.54, 1.807) is 0 Å². The van der Waals surface area contributed by atoms with Gasteiger partial charge >= 0.3 is 5.97 Å². The molecule has 0 N–H and O–H groups in total. The van der Waals surface area contributed by atoms with Crippen molar-refractivity contribution in [1.82, 2.24) is 0 Å². The van der Waals surface area contributed by atoms with Gasteiger partial charge in [-0.05, 0) is 30.6 Å². The number of hydrogen-bond donors (Lipinski definition) is 0. The van der Waals surface area contributed by atoms with E-state index in [0.29, 0.717) is 24.4 Å². The minimum atomic E-state index is 0.0584. The molecular weight excluding hydrogens is 152 g/mol. The molecule has 0 amide bonds. The van der Waals surface area contributed by atoms with Gasteiger partial charge in [-0.2, -0.15) is 0 Å². The van der Waals surface area contributed by atoms with Crippen molar-refractivity contribution in [3.63, 3.8) is 0 Å². The lowest BCUT2D eigenvalue weighted by molar-refractivity contribution is -0.160. The highest BCUT2D eigenvalue weighted by molar-refractivity contribution is 5.74. The lowest BCUT2D eigenvalue weighted by Gasteiger charge is -2.31. The molecule has 0 spiro atoms. The van der Waals surface area contributed by atoms with Gasteiger partial charge in [0.25, 0.3) is 0 Å². The van der Waals surface area contributed by atoms with Crippen molar-refractivity contribution in [2.75, 3.05) is 6.61 Å². The third-order valence-electron chi connectivity index (χ3n) is 3.52. The van der Waals surface area contributed by atoms with Crippen LogP contribution in [0.1, 0.15) is 26.7 Å². The van der Waals surface area contributed by atoms with E-state index in [0.717, 1.165) is 0 Å². The molecule has 0 aromatic rings. The summed E-state index contributed by atoms with van der Waals surface area (Å²) in [6, 6.07) is 0. The number of carbonyl (C=O) groups is 1. The number of hydrogen-bond acceptors (Lipinski definition) is 2. The van der Waals surface area contributed by atoms with Gasteiger partial charge in [0, 0.05) is 0 Å². The van der Waals surface area contributed by atoms with E-state index in [9.17, 15) is 4.79 Å². The van der Waals surface area contributed by atoms with Crippen LogP contribution in [0.25, 0.3) is 0 Å². The summed E-state index contributed by atoms with van der Waals surface area (Å²) in [5.41, 5.74) is 0. The fourth-order valence-corrected chi connectivity index (χ4v) is 2.72. The third-order valence-corrected chi connectivity index (χ3v) is 3.52. The zero-order chi connectivity index (χ0) is 8.72. The van der Waals surface area contributed by atoms with Crippen LogP contribution in [0.15, 0.2) is 0 Å². The van der Waals surface area contributed by atoms with E-state index in [1.807, 2.05) is 0 Å². The Morgan fingerprint density at radius 3 is 2.67 bits per heavy atom. The minimum Gasteiger partial charge on any atom is -0.465 e. The fourth-order valence-electron chi connectivity index (χ4n) is 2.72. The van der Waals surface area contributed by atoms with Crippen molar-refractivity contribution in [2.24, 2.45) is 23.7 Å². The van der Waals surface area contributed by atoms with Crippen LogP contribution in [-0.4, -0.2) is 12.6 Å². The average Bonchev–Trinajstić information content (AvgIpc) is 2.42. The van der Waals surface area contributed by atoms with Crippen molar-refractivity contribution in [3.05, 3.63) is 0 Å². The Hall–Kier alpha value is -0.530. The lowest BCUT2D eigenvalue weighted by atomic mass is 9.81. The highest BCUT2D eigenvalue weighted by Crippen LogP contribution is 2.44. The summed E-state index contributed by atoms with van der Waals surface area (Å²) >= 11 is 0. The van der Waals surface area contributed by atoms with Crippen molar-refractivity contribution in [3.8, 4) is 0 Å². The second kappa shape index (κ2) is 2.75. The Bertz CT molecular complexity index is 200. The molecule has 0 aromatic carbocycles. The molecule has 2 rings (SSSR count). The first-order valence-corrected chi connectivity index (χ1v) is 4.87. The molecule has 1 aliphatic heterocycles. The molecule has 1 heterocycles. The summed E-state index contributed by atoms with van der Waals surface area (Å²) in [5.74, 6) is 2.01. The maximum atomic E-state index is 11.4. The highest BCUT2D eigenvalue weighted by atomic mass is 16.5. The monoisotopic (exact) mass is 168 g/mol. The number of esters is 1. The van der Waals surface area contributed by atoms with E-state index < -0.39 is 0 Å². The normalized spacial score (nSPS) is 47.0. The van der Waals surface area contributed by atoms with Gasteiger partial charge in [-0.1, -0.05) is 13.8 Å². The van der Waals surface area contributed by atoms with Gasteiger partial charge < -0.3 is 4.74 Å². The van der Waals surface area contributed by atoms with Gasteiger partial charge in [0.1, 0.15) is 0 Å². The van der Waals surface area contributed by atoms with Crippen LogP contribution in [0, 0.1) is 23.7 Å². The van der Waals surface area contributed by atoms with Crippen LogP contribution < -0.4 is 0 Å². The Balaban J connectivity index is 2.18. The topological polar surface area (TPSA) is 26.3 Å². The van der Waals surface area contributed by atoms with Gasteiger partial charge in [-0.15, -0.1) is 0 Å². The molecule has 0 radical (unpaired) electrons. The summed E-state index contributed by atoms with van der Waals surface area (Å²) in [6.45, 7) is 5.01. The number of ether oxygens (including phenoxy) is 1. The van der Waals surface area contributed by atoms with E-state index in [2.05, 4.69) is 13.8 Å².